The Labute approximate surface area is 112 Å². The van der Waals surface area contributed by atoms with Crippen molar-refractivity contribution in [1.82, 2.24) is 5.32 Å². The van der Waals surface area contributed by atoms with Crippen molar-refractivity contribution in [2.75, 3.05) is 24.9 Å². The maximum Gasteiger partial charge on any atom is 0.253 e. The summed E-state index contributed by atoms with van der Waals surface area (Å²) in [4.78, 5) is 12.1. The summed E-state index contributed by atoms with van der Waals surface area (Å²) in [6, 6.07) is 5.21. The number of anilines is 1. The summed E-state index contributed by atoms with van der Waals surface area (Å²) < 4.78 is 5.09. The molecule has 18 heavy (non-hydrogen) atoms. The van der Waals surface area contributed by atoms with Crippen LogP contribution in [0.25, 0.3) is 0 Å². The van der Waals surface area contributed by atoms with Gasteiger partial charge in [0.25, 0.3) is 5.91 Å². The van der Waals surface area contributed by atoms with Gasteiger partial charge in [0.2, 0.25) is 0 Å². The first-order valence-corrected chi connectivity index (χ1v) is 7.21. The number of nitrogen functional groups attached to an aromatic ring is 1. The van der Waals surface area contributed by atoms with Gasteiger partial charge in [-0.15, -0.1) is 0 Å². The summed E-state index contributed by atoms with van der Waals surface area (Å²) in [6.07, 6.45) is 2.99. The normalized spacial score (nSPS) is 11.9. The first kappa shape index (κ1) is 14.7. The highest BCUT2D eigenvalue weighted by Crippen LogP contribution is 2.19. The van der Waals surface area contributed by atoms with E-state index in [0.717, 1.165) is 12.2 Å². The standard InChI is InChI=1S/C13H20N2O2S/c1-9(6-7-18-3)15-13(16)11-8-10(17-2)4-5-12(11)14/h4-5,8-9H,6-7,14H2,1-3H3,(H,15,16). The van der Waals surface area contributed by atoms with E-state index in [0.29, 0.717) is 17.0 Å². The third kappa shape index (κ3) is 4.14. The summed E-state index contributed by atoms with van der Waals surface area (Å²) in [5.41, 5.74) is 6.73. The van der Waals surface area contributed by atoms with Gasteiger partial charge in [-0.25, -0.2) is 0 Å². The third-order valence-electron chi connectivity index (χ3n) is 2.64. The fourth-order valence-electron chi connectivity index (χ4n) is 1.53. The van der Waals surface area contributed by atoms with Crippen LogP contribution in [0.3, 0.4) is 0 Å². The van der Waals surface area contributed by atoms with Crippen molar-refractivity contribution < 1.29 is 9.53 Å². The molecule has 0 heterocycles. The minimum Gasteiger partial charge on any atom is -0.497 e. The third-order valence-corrected chi connectivity index (χ3v) is 3.28. The van der Waals surface area contributed by atoms with Crippen LogP contribution in [0.5, 0.6) is 5.75 Å². The quantitative estimate of drug-likeness (QED) is 0.776. The molecule has 100 valence electrons. The Morgan fingerprint density at radius 3 is 2.89 bits per heavy atom. The molecule has 1 atom stereocenters. The summed E-state index contributed by atoms with van der Waals surface area (Å²) in [5.74, 6) is 1.50. The zero-order valence-corrected chi connectivity index (χ0v) is 11.8. The lowest BCUT2D eigenvalue weighted by Gasteiger charge is -2.14. The van der Waals surface area contributed by atoms with Crippen LogP contribution in [0, 0.1) is 0 Å². The Bertz CT molecular complexity index is 410. The van der Waals surface area contributed by atoms with Crippen LogP contribution in [0.15, 0.2) is 18.2 Å². The first-order valence-electron chi connectivity index (χ1n) is 5.81. The highest BCUT2D eigenvalue weighted by molar-refractivity contribution is 7.98. The summed E-state index contributed by atoms with van der Waals surface area (Å²) in [5, 5.41) is 2.94. The van der Waals surface area contributed by atoms with Crippen molar-refractivity contribution in [2.45, 2.75) is 19.4 Å². The van der Waals surface area contributed by atoms with E-state index in [2.05, 4.69) is 11.6 Å². The average Bonchev–Trinajstić information content (AvgIpc) is 2.36. The lowest BCUT2D eigenvalue weighted by Crippen LogP contribution is -2.33. The molecule has 1 aromatic rings. The van der Waals surface area contributed by atoms with Crippen molar-refractivity contribution in [1.29, 1.82) is 0 Å². The molecular formula is C13H20N2O2S. The van der Waals surface area contributed by atoms with Crippen LogP contribution < -0.4 is 15.8 Å². The molecule has 0 saturated carbocycles. The molecule has 3 N–H and O–H groups in total. The summed E-state index contributed by atoms with van der Waals surface area (Å²) in [7, 11) is 1.56. The van der Waals surface area contributed by atoms with Gasteiger partial charge in [-0.1, -0.05) is 0 Å². The number of amides is 1. The van der Waals surface area contributed by atoms with E-state index >= 15 is 0 Å². The number of nitrogens with one attached hydrogen (secondary N) is 1. The molecule has 1 unspecified atom stereocenters. The molecule has 4 nitrogen and oxygen atoms in total. The highest BCUT2D eigenvalue weighted by atomic mass is 32.2. The number of methoxy groups -OCH3 is 1. The Morgan fingerprint density at radius 1 is 1.56 bits per heavy atom. The molecule has 1 aromatic carbocycles. The number of carbonyl (C=O) groups excluding carboxylic acids is 1. The zero-order valence-electron chi connectivity index (χ0n) is 11.0. The molecule has 0 saturated heterocycles. The molecule has 0 bridgehead atoms. The molecular weight excluding hydrogens is 248 g/mol. The van der Waals surface area contributed by atoms with E-state index in [1.54, 1.807) is 37.1 Å². The van der Waals surface area contributed by atoms with Crippen LogP contribution in [0.2, 0.25) is 0 Å². The van der Waals surface area contributed by atoms with Gasteiger partial charge in [0.05, 0.1) is 12.7 Å². The smallest absolute Gasteiger partial charge is 0.253 e. The molecule has 0 spiro atoms. The number of nitrogens with two attached hydrogens (primary N) is 1. The molecule has 0 fully saturated rings. The fourth-order valence-corrected chi connectivity index (χ4v) is 2.12. The Kier molecular flexibility index (Phi) is 5.85. The monoisotopic (exact) mass is 268 g/mol. The number of hydrogen-bond donors (Lipinski definition) is 2. The fraction of sp³-hybridized carbons (Fsp3) is 0.462. The number of thioether (sulfide) groups is 1. The van der Waals surface area contributed by atoms with E-state index in [9.17, 15) is 4.79 Å². The topological polar surface area (TPSA) is 64.3 Å². The Hall–Kier alpha value is -1.36. The van der Waals surface area contributed by atoms with Crippen molar-refractivity contribution in [2.24, 2.45) is 0 Å². The van der Waals surface area contributed by atoms with Gasteiger partial charge in [-0.3, -0.25) is 4.79 Å². The van der Waals surface area contributed by atoms with Crippen molar-refractivity contribution in [3.05, 3.63) is 23.8 Å². The van der Waals surface area contributed by atoms with E-state index in [4.69, 9.17) is 10.5 Å². The van der Waals surface area contributed by atoms with Crippen molar-refractivity contribution in [3.8, 4) is 5.75 Å². The molecule has 0 radical (unpaired) electrons. The maximum absolute atomic E-state index is 12.1. The van der Waals surface area contributed by atoms with Crippen LogP contribution >= 0.6 is 11.8 Å². The summed E-state index contributed by atoms with van der Waals surface area (Å²) >= 11 is 1.77. The van der Waals surface area contributed by atoms with Gasteiger partial charge in [0.15, 0.2) is 0 Å². The molecule has 0 aromatic heterocycles. The van der Waals surface area contributed by atoms with Gasteiger partial charge in [0.1, 0.15) is 5.75 Å². The van der Waals surface area contributed by atoms with E-state index in [1.165, 1.54) is 0 Å². The second-order valence-corrected chi connectivity index (χ2v) is 5.09. The maximum atomic E-state index is 12.1. The van der Waals surface area contributed by atoms with Crippen molar-refractivity contribution in [3.63, 3.8) is 0 Å². The van der Waals surface area contributed by atoms with Gasteiger partial charge in [-0.05, 0) is 43.6 Å². The summed E-state index contributed by atoms with van der Waals surface area (Å²) in [6.45, 7) is 1.99. The van der Waals surface area contributed by atoms with E-state index in [-0.39, 0.29) is 11.9 Å². The molecule has 0 aliphatic heterocycles. The molecule has 0 aliphatic carbocycles. The second-order valence-electron chi connectivity index (χ2n) is 4.11. The van der Waals surface area contributed by atoms with Crippen LogP contribution in [0.1, 0.15) is 23.7 Å². The predicted octanol–water partition coefficient (Wildman–Crippen LogP) is 2.15. The number of hydrogen-bond acceptors (Lipinski definition) is 4. The first-order chi connectivity index (χ1) is 8.58. The lowest BCUT2D eigenvalue weighted by atomic mass is 10.1. The number of benzene rings is 1. The van der Waals surface area contributed by atoms with Gasteiger partial charge in [0, 0.05) is 11.7 Å². The van der Waals surface area contributed by atoms with Crippen LogP contribution in [-0.2, 0) is 0 Å². The van der Waals surface area contributed by atoms with Gasteiger partial charge in [-0.2, -0.15) is 11.8 Å². The number of rotatable bonds is 6. The van der Waals surface area contributed by atoms with Crippen LogP contribution in [0.4, 0.5) is 5.69 Å². The zero-order chi connectivity index (χ0) is 13.5. The lowest BCUT2D eigenvalue weighted by molar-refractivity contribution is 0.0940. The Morgan fingerprint density at radius 2 is 2.28 bits per heavy atom. The van der Waals surface area contributed by atoms with Gasteiger partial charge < -0.3 is 15.8 Å². The molecule has 1 amide bonds. The number of carbonyl (C=O) groups is 1. The van der Waals surface area contributed by atoms with Gasteiger partial charge >= 0.3 is 0 Å². The number of ether oxygens (including phenoxy) is 1. The van der Waals surface area contributed by atoms with E-state index in [1.807, 2.05) is 6.92 Å². The second kappa shape index (κ2) is 7.16. The minimum atomic E-state index is -0.153. The molecule has 5 heteroatoms. The average molecular weight is 268 g/mol. The molecule has 1 rings (SSSR count). The van der Waals surface area contributed by atoms with Crippen molar-refractivity contribution >= 4 is 23.4 Å². The minimum absolute atomic E-state index is 0.135. The Balaban J connectivity index is 2.71. The largest absolute Gasteiger partial charge is 0.497 e. The van der Waals surface area contributed by atoms with Crippen LogP contribution in [-0.4, -0.2) is 31.1 Å². The molecule has 0 aliphatic rings. The van der Waals surface area contributed by atoms with E-state index < -0.39 is 0 Å². The SMILES string of the molecule is COc1ccc(N)c(C(=O)NC(C)CCSC)c1. The predicted molar refractivity (Wildman–Crippen MR) is 77.3 cm³/mol. The highest BCUT2D eigenvalue weighted by Gasteiger charge is 2.13.